The molecule has 0 aliphatic heterocycles. The van der Waals surface area contributed by atoms with Gasteiger partial charge in [-0.3, -0.25) is 4.98 Å². The van der Waals surface area contributed by atoms with Crippen LogP contribution in [0.3, 0.4) is 0 Å². The lowest BCUT2D eigenvalue weighted by Gasteiger charge is -2.14. The number of halogens is 1. The topological polar surface area (TPSA) is 24.9 Å². The molecule has 1 atom stereocenters. The number of nitrogens with zero attached hydrogens (tertiary/aromatic N) is 1. The van der Waals surface area contributed by atoms with Crippen molar-refractivity contribution in [3.05, 3.63) is 65.2 Å². The van der Waals surface area contributed by atoms with Crippen LogP contribution in [0.25, 0.3) is 0 Å². The number of rotatable bonds is 4. The summed E-state index contributed by atoms with van der Waals surface area (Å²) in [5.74, 6) is -0.200. The predicted molar refractivity (Wildman–Crippen MR) is 70.6 cm³/mol. The van der Waals surface area contributed by atoms with Crippen molar-refractivity contribution in [3.63, 3.8) is 0 Å². The van der Waals surface area contributed by atoms with Gasteiger partial charge < -0.3 is 5.32 Å². The lowest BCUT2D eigenvalue weighted by molar-refractivity contribution is 0.570. The van der Waals surface area contributed by atoms with Crippen molar-refractivity contribution in [2.75, 3.05) is 0 Å². The molecule has 1 heterocycles. The van der Waals surface area contributed by atoms with Crippen molar-refractivity contribution in [1.82, 2.24) is 10.3 Å². The van der Waals surface area contributed by atoms with Crippen LogP contribution in [0.2, 0.25) is 0 Å². The maximum absolute atomic E-state index is 12.8. The van der Waals surface area contributed by atoms with Gasteiger partial charge in [0.1, 0.15) is 5.82 Å². The van der Waals surface area contributed by atoms with Crippen LogP contribution in [0, 0.1) is 12.7 Å². The summed E-state index contributed by atoms with van der Waals surface area (Å²) in [7, 11) is 0. The average Bonchev–Trinajstić information content (AvgIpc) is 2.38. The monoisotopic (exact) mass is 244 g/mol. The highest BCUT2D eigenvalue weighted by molar-refractivity contribution is 5.20. The zero-order chi connectivity index (χ0) is 13.0. The summed E-state index contributed by atoms with van der Waals surface area (Å²) in [5.41, 5.74) is 3.25. The summed E-state index contributed by atoms with van der Waals surface area (Å²) in [6.07, 6.45) is 1.87. The molecule has 0 bridgehead atoms. The second-order valence-corrected chi connectivity index (χ2v) is 4.46. The first kappa shape index (κ1) is 12.7. The number of nitrogens with one attached hydrogen (secondary N) is 1. The van der Waals surface area contributed by atoms with E-state index in [0.717, 1.165) is 23.4 Å². The van der Waals surface area contributed by atoms with Crippen molar-refractivity contribution < 1.29 is 4.39 Å². The highest BCUT2D eigenvalue weighted by Crippen LogP contribution is 2.13. The van der Waals surface area contributed by atoms with Gasteiger partial charge in [-0.1, -0.05) is 18.2 Å². The Labute approximate surface area is 107 Å². The molecule has 0 fully saturated rings. The molecule has 18 heavy (non-hydrogen) atoms. The van der Waals surface area contributed by atoms with E-state index in [1.165, 1.54) is 12.1 Å². The van der Waals surface area contributed by atoms with E-state index in [1.54, 1.807) is 12.1 Å². The van der Waals surface area contributed by atoms with Gasteiger partial charge >= 0.3 is 0 Å². The minimum Gasteiger partial charge on any atom is -0.306 e. The molecule has 0 spiro atoms. The quantitative estimate of drug-likeness (QED) is 0.891. The van der Waals surface area contributed by atoms with Gasteiger partial charge in [0, 0.05) is 24.5 Å². The summed E-state index contributed by atoms with van der Waals surface area (Å²) < 4.78 is 12.8. The van der Waals surface area contributed by atoms with E-state index >= 15 is 0 Å². The van der Waals surface area contributed by atoms with Crippen LogP contribution in [-0.4, -0.2) is 4.98 Å². The average molecular weight is 244 g/mol. The van der Waals surface area contributed by atoms with Crippen LogP contribution in [0.4, 0.5) is 4.39 Å². The Morgan fingerprint density at radius 1 is 1.17 bits per heavy atom. The Kier molecular flexibility index (Phi) is 4.05. The summed E-state index contributed by atoms with van der Waals surface area (Å²) in [5, 5.41) is 3.39. The third-order valence-electron chi connectivity index (χ3n) is 2.95. The molecule has 2 nitrogen and oxygen atoms in total. The summed E-state index contributed by atoms with van der Waals surface area (Å²) in [6.45, 7) is 4.79. The molecule has 1 aromatic carbocycles. The third kappa shape index (κ3) is 3.37. The second kappa shape index (κ2) is 5.74. The minimum absolute atomic E-state index is 0.187. The Morgan fingerprint density at radius 2 is 1.89 bits per heavy atom. The molecule has 3 heteroatoms. The number of benzene rings is 1. The third-order valence-corrected chi connectivity index (χ3v) is 2.95. The molecule has 94 valence electrons. The van der Waals surface area contributed by atoms with Gasteiger partial charge in [0.25, 0.3) is 0 Å². The molecule has 1 N–H and O–H groups in total. The molecule has 0 unspecified atom stereocenters. The fourth-order valence-corrected chi connectivity index (χ4v) is 1.74. The Balaban J connectivity index is 1.93. The van der Waals surface area contributed by atoms with Gasteiger partial charge in [0.05, 0.1) is 0 Å². The van der Waals surface area contributed by atoms with Crippen LogP contribution in [-0.2, 0) is 6.54 Å². The zero-order valence-electron chi connectivity index (χ0n) is 10.7. The van der Waals surface area contributed by atoms with E-state index in [1.807, 2.05) is 19.2 Å². The van der Waals surface area contributed by atoms with E-state index in [2.05, 4.69) is 23.3 Å². The van der Waals surface area contributed by atoms with Gasteiger partial charge in [-0.15, -0.1) is 0 Å². The number of hydrogen-bond donors (Lipinski definition) is 1. The van der Waals surface area contributed by atoms with E-state index in [-0.39, 0.29) is 11.9 Å². The molecule has 0 amide bonds. The van der Waals surface area contributed by atoms with Crippen LogP contribution in [0.1, 0.15) is 29.8 Å². The van der Waals surface area contributed by atoms with Crippen molar-refractivity contribution in [2.45, 2.75) is 26.4 Å². The lowest BCUT2D eigenvalue weighted by atomic mass is 10.1. The maximum atomic E-state index is 12.8. The van der Waals surface area contributed by atoms with Crippen molar-refractivity contribution >= 4 is 0 Å². The number of hydrogen-bond acceptors (Lipinski definition) is 2. The number of aromatic nitrogens is 1. The van der Waals surface area contributed by atoms with Crippen molar-refractivity contribution in [3.8, 4) is 0 Å². The van der Waals surface area contributed by atoms with Crippen LogP contribution in [0.5, 0.6) is 0 Å². The van der Waals surface area contributed by atoms with Crippen molar-refractivity contribution in [1.29, 1.82) is 0 Å². The Morgan fingerprint density at radius 3 is 2.50 bits per heavy atom. The standard InChI is InChI=1S/C15H17FN2/c1-11-3-4-13(9-17-11)10-18-12(2)14-5-7-15(16)8-6-14/h3-9,12,18H,10H2,1-2H3/t12-/m0/s1. The first-order valence-electron chi connectivity index (χ1n) is 6.05. The molecule has 0 aliphatic carbocycles. The first-order valence-corrected chi connectivity index (χ1v) is 6.05. The summed E-state index contributed by atoms with van der Waals surface area (Å²) in [4.78, 5) is 4.25. The summed E-state index contributed by atoms with van der Waals surface area (Å²) >= 11 is 0. The van der Waals surface area contributed by atoms with Crippen LogP contribution < -0.4 is 5.32 Å². The molecule has 0 aliphatic rings. The Bertz CT molecular complexity index is 491. The first-order chi connectivity index (χ1) is 8.65. The van der Waals surface area contributed by atoms with Crippen molar-refractivity contribution in [2.24, 2.45) is 0 Å². The van der Waals surface area contributed by atoms with Gasteiger partial charge in [-0.2, -0.15) is 0 Å². The molecule has 0 radical (unpaired) electrons. The molecular weight excluding hydrogens is 227 g/mol. The lowest BCUT2D eigenvalue weighted by Crippen LogP contribution is -2.18. The highest BCUT2D eigenvalue weighted by Gasteiger charge is 2.04. The van der Waals surface area contributed by atoms with E-state index < -0.39 is 0 Å². The van der Waals surface area contributed by atoms with E-state index in [0.29, 0.717) is 0 Å². The van der Waals surface area contributed by atoms with Crippen LogP contribution >= 0.6 is 0 Å². The van der Waals surface area contributed by atoms with Gasteiger partial charge in [0.15, 0.2) is 0 Å². The molecule has 2 rings (SSSR count). The number of aryl methyl sites for hydroxylation is 1. The van der Waals surface area contributed by atoms with Gasteiger partial charge in [-0.05, 0) is 43.2 Å². The second-order valence-electron chi connectivity index (χ2n) is 4.46. The highest BCUT2D eigenvalue weighted by atomic mass is 19.1. The van der Waals surface area contributed by atoms with Gasteiger partial charge in [-0.25, -0.2) is 4.39 Å². The predicted octanol–water partition coefficient (Wildman–Crippen LogP) is 3.38. The normalized spacial score (nSPS) is 12.4. The fraction of sp³-hybridized carbons (Fsp3) is 0.267. The minimum atomic E-state index is -0.200. The summed E-state index contributed by atoms with van der Waals surface area (Å²) in [6, 6.07) is 10.8. The van der Waals surface area contributed by atoms with Crippen LogP contribution in [0.15, 0.2) is 42.6 Å². The fourth-order valence-electron chi connectivity index (χ4n) is 1.74. The zero-order valence-corrected chi connectivity index (χ0v) is 10.7. The largest absolute Gasteiger partial charge is 0.306 e. The number of pyridine rings is 1. The molecule has 0 saturated heterocycles. The Hall–Kier alpha value is -1.74. The molecular formula is C15H17FN2. The molecule has 0 saturated carbocycles. The maximum Gasteiger partial charge on any atom is 0.123 e. The van der Waals surface area contributed by atoms with E-state index in [9.17, 15) is 4.39 Å². The van der Waals surface area contributed by atoms with Gasteiger partial charge in [0.2, 0.25) is 0 Å². The smallest absolute Gasteiger partial charge is 0.123 e. The SMILES string of the molecule is Cc1ccc(CN[C@@H](C)c2ccc(F)cc2)cn1. The molecule has 1 aromatic heterocycles. The van der Waals surface area contributed by atoms with E-state index in [4.69, 9.17) is 0 Å². The molecule has 2 aromatic rings.